The molecule has 0 radical (unpaired) electrons. The molecule has 1 rings (SSSR count). The van der Waals surface area contributed by atoms with E-state index in [1.165, 1.54) is 13.3 Å². The largest absolute Gasteiger partial charge is 0.507 e. The van der Waals surface area contributed by atoms with Gasteiger partial charge in [-0.25, -0.2) is 4.79 Å². The number of aromatic hydroxyl groups is 1. The standard InChI is InChI=1S/C14H18N4O3/c1-9-4-5-12(20)11(6-9)7-16-10(2)13(15)18(3)14(21)17-8-19/h4-8,20H,15H2,1-3H3,(H,17,19,21)/b13-10+,16-7?. The monoisotopic (exact) mass is 290 g/mol. The Morgan fingerprint density at radius 2 is 2.14 bits per heavy atom. The first-order valence-corrected chi connectivity index (χ1v) is 6.14. The normalized spacial score (nSPS) is 12.0. The van der Waals surface area contributed by atoms with E-state index in [0.29, 0.717) is 11.3 Å². The number of benzene rings is 1. The summed E-state index contributed by atoms with van der Waals surface area (Å²) in [6, 6.07) is 4.46. The highest BCUT2D eigenvalue weighted by atomic mass is 16.3. The molecule has 0 aliphatic carbocycles. The average molecular weight is 290 g/mol. The van der Waals surface area contributed by atoms with Crippen LogP contribution in [0.25, 0.3) is 0 Å². The summed E-state index contributed by atoms with van der Waals surface area (Å²) < 4.78 is 0. The van der Waals surface area contributed by atoms with E-state index in [9.17, 15) is 14.7 Å². The van der Waals surface area contributed by atoms with Crippen molar-refractivity contribution in [2.45, 2.75) is 13.8 Å². The number of carbonyl (C=O) groups excluding carboxylic acids is 2. The number of carbonyl (C=O) groups is 2. The number of aliphatic imine (C=N–C) groups is 1. The van der Waals surface area contributed by atoms with Crippen LogP contribution in [0.3, 0.4) is 0 Å². The number of allylic oxidation sites excluding steroid dienone is 1. The molecule has 3 amide bonds. The quantitative estimate of drug-likeness (QED) is 0.569. The maximum absolute atomic E-state index is 11.4. The summed E-state index contributed by atoms with van der Waals surface area (Å²) in [5, 5.41) is 11.7. The molecular formula is C14H18N4O3. The lowest BCUT2D eigenvalue weighted by molar-refractivity contribution is -0.108. The second-order valence-electron chi connectivity index (χ2n) is 4.42. The lowest BCUT2D eigenvalue weighted by Crippen LogP contribution is -2.38. The minimum Gasteiger partial charge on any atom is -0.507 e. The van der Waals surface area contributed by atoms with Crippen LogP contribution >= 0.6 is 0 Å². The molecule has 0 spiro atoms. The first-order valence-electron chi connectivity index (χ1n) is 6.14. The third kappa shape index (κ3) is 4.34. The molecule has 7 heteroatoms. The second-order valence-corrected chi connectivity index (χ2v) is 4.42. The van der Waals surface area contributed by atoms with Crippen LogP contribution < -0.4 is 11.1 Å². The number of nitrogens with one attached hydrogen (secondary N) is 1. The van der Waals surface area contributed by atoms with Gasteiger partial charge in [-0.1, -0.05) is 11.6 Å². The van der Waals surface area contributed by atoms with Crippen LogP contribution in [0.1, 0.15) is 18.1 Å². The van der Waals surface area contributed by atoms with Crippen LogP contribution in [-0.4, -0.2) is 35.7 Å². The second kappa shape index (κ2) is 7.09. The molecule has 112 valence electrons. The van der Waals surface area contributed by atoms with Gasteiger partial charge in [0.1, 0.15) is 11.6 Å². The van der Waals surface area contributed by atoms with Gasteiger partial charge in [0.05, 0.1) is 5.70 Å². The Bertz CT molecular complexity index is 608. The Morgan fingerprint density at radius 1 is 1.48 bits per heavy atom. The van der Waals surface area contributed by atoms with Crippen LogP contribution in [0.4, 0.5) is 4.79 Å². The Labute approximate surface area is 122 Å². The van der Waals surface area contributed by atoms with E-state index in [1.807, 2.05) is 12.2 Å². The first kappa shape index (κ1) is 16.2. The number of hydrogen-bond donors (Lipinski definition) is 3. The minimum absolute atomic E-state index is 0.0951. The number of urea groups is 1. The highest BCUT2D eigenvalue weighted by Crippen LogP contribution is 2.16. The van der Waals surface area contributed by atoms with E-state index in [0.717, 1.165) is 10.5 Å². The summed E-state index contributed by atoms with van der Waals surface area (Å²) in [4.78, 5) is 26.8. The van der Waals surface area contributed by atoms with E-state index in [4.69, 9.17) is 5.73 Å². The zero-order chi connectivity index (χ0) is 16.0. The number of nitrogens with two attached hydrogens (primary N) is 1. The van der Waals surface area contributed by atoms with Crippen LogP contribution in [-0.2, 0) is 4.79 Å². The van der Waals surface area contributed by atoms with Crippen molar-refractivity contribution in [2.24, 2.45) is 10.7 Å². The highest BCUT2D eigenvalue weighted by Gasteiger charge is 2.11. The molecule has 0 unspecified atom stereocenters. The number of hydrogen-bond acceptors (Lipinski definition) is 5. The van der Waals surface area contributed by atoms with Gasteiger partial charge in [-0.05, 0) is 26.0 Å². The summed E-state index contributed by atoms with van der Waals surface area (Å²) in [5.41, 5.74) is 7.67. The zero-order valence-corrected chi connectivity index (χ0v) is 12.1. The molecule has 0 saturated heterocycles. The maximum atomic E-state index is 11.4. The molecule has 4 N–H and O–H groups in total. The van der Waals surface area contributed by atoms with Gasteiger partial charge in [0.15, 0.2) is 0 Å². The molecule has 0 saturated carbocycles. The molecule has 0 aliphatic heterocycles. The molecule has 0 heterocycles. The molecule has 0 bridgehead atoms. The predicted octanol–water partition coefficient (Wildman–Crippen LogP) is 1.07. The molecule has 0 fully saturated rings. The van der Waals surface area contributed by atoms with Crippen molar-refractivity contribution < 1.29 is 14.7 Å². The fraction of sp³-hybridized carbons (Fsp3) is 0.214. The van der Waals surface area contributed by atoms with E-state index >= 15 is 0 Å². The van der Waals surface area contributed by atoms with Gasteiger partial charge in [0.25, 0.3) is 0 Å². The Kier molecular flexibility index (Phi) is 5.48. The molecule has 21 heavy (non-hydrogen) atoms. The lowest BCUT2D eigenvalue weighted by Gasteiger charge is -2.17. The van der Waals surface area contributed by atoms with E-state index in [1.54, 1.807) is 25.1 Å². The molecule has 0 aliphatic rings. The topological polar surface area (TPSA) is 108 Å². The molecule has 1 aromatic rings. The smallest absolute Gasteiger partial charge is 0.329 e. The van der Waals surface area contributed by atoms with Crippen molar-refractivity contribution in [3.8, 4) is 5.75 Å². The summed E-state index contributed by atoms with van der Waals surface area (Å²) in [7, 11) is 1.41. The Morgan fingerprint density at radius 3 is 2.76 bits per heavy atom. The fourth-order valence-corrected chi connectivity index (χ4v) is 1.51. The number of phenols is 1. The van der Waals surface area contributed by atoms with Gasteiger partial charge < -0.3 is 10.8 Å². The Hall–Kier alpha value is -2.83. The average Bonchev–Trinajstić information content (AvgIpc) is 2.46. The van der Waals surface area contributed by atoms with Gasteiger partial charge in [-0.2, -0.15) is 0 Å². The SMILES string of the molecule is C/C(N=Cc1cc(C)ccc1O)=C(/N)N(C)C(=O)NC=O. The van der Waals surface area contributed by atoms with Crippen molar-refractivity contribution in [1.82, 2.24) is 10.2 Å². The number of aryl methyl sites for hydroxylation is 1. The summed E-state index contributed by atoms with van der Waals surface area (Å²) >= 11 is 0. The van der Waals surface area contributed by atoms with Gasteiger partial charge in [0, 0.05) is 18.8 Å². The summed E-state index contributed by atoms with van der Waals surface area (Å²) in [5.74, 6) is 0.195. The molecular weight excluding hydrogens is 272 g/mol. The fourth-order valence-electron chi connectivity index (χ4n) is 1.51. The van der Waals surface area contributed by atoms with Crippen molar-refractivity contribution in [1.29, 1.82) is 0 Å². The third-order valence-electron chi connectivity index (χ3n) is 2.80. The molecule has 1 aromatic carbocycles. The number of nitrogens with zero attached hydrogens (tertiary/aromatic N) is 2. The van der Waals surface area contributed by atoms with Gasteiger partial charge >= 0.3 is 6.03 Å². The maximum Gasteiger partial charge on any atom is 0.329 e. The van der Waals surface area contributed by atoms with E-state index in [2.05, 4.69) is 4.99 Å². The van der Waals surface area contributed by atoms with Gasteiger partial charge in [-0.3, -0.25) is 20.0 Å². The van der Waals surface area contributed by atoms with Crippen LogP contribution in [0.2, 0.25) is 0 Å². The number of phenolic OH excluding ortho intramolecular Hbond substituents is 1. The van der Waals surface area contributed by atoms with E-state index in [-0.39, 0.29) is 18.0 Å². The molecule has 0 atom stereocenters. The number of imide groups is 1. The van der Waals surface area contributed by atoms with E-state index < -0.39 is 6.03 Å². The zero-order valence-electron chi connectivity index (χ0n) is 12.1. The summed E-state index contributed by atoms with van der Waals surface area (Å²) in [6.45, 7) is 3.51. The summed E-state index contributed by atoms with van der Waals surface area (Å²) in [6.07, 6.45) is 1.73. The predicted molar refractivity (Wildman–Crippen MR) is 79.7 cm³/mol. The van der Waals surface area contributed by atoms with Crippen molar-refractivity contribution in [2.75, 3.05) is 7.05 Å². The molecule has 0 aromatic heterocycles. The highest BCUT2D eigenvalue weighted by molar-refractivity contribution is 5.86. The molecule has 7 nitrogen and oxygen atoms in total. The third-order valence-corrected chi connectivity index (χ3v) is 2.80. The van der Waals surface area contributed by atoms with Crippen LogP contribution in [0, 0.1) is 6.92 Å². The number of amides is 3. The van der Waals surface area contributed by atoms with Crippen LogP contribution in [0.15, 0.2) is 34.7 Å². The number of rotatable bonds is 4. The van der Waals surface area contributed by atoms with Crippen molar-refractivity contribution in [3.05, 3.63) is 40.8 Å². The van der Waals surface area contributed by atoms with Gasteiger partial charge in [0.2, 0.25) is 6.41 Å². The van der Waals surface area contributed by atoms with Gasteiger partial charge in [-0.15, -0.1) is 0 Å². The van der Waals surface area contributed by atoms with Crippen LogP contribution in [0.5, 0.6) is 5.75 Å². The Balaban J connectivity index is 2.96. The van der Waals surface area contributed by atoms with Crippen molar-refractivity contribution >= 4 is 18.7 Å². The lowest BCUT2D eigenvalue weighted by atomic mass is 10.1. The van der Waals surface area contributed by atoms with Crippen molar-refractivity contribution in [3.63, 3.8) is 0 Å². The first-order chi connectivity index (χ1) is 9.86. The minimum atomic E-state index is -0.657.